The van der Waals surface area contributed by atoms with Gasteiger partial charge >= 0.3 is 0 Å². The Morgan fingerprint density at radius 3 is 2.31 bits per heavy atom. The van der Waals surface area contributed by atoms with Gasteiger partial charge in [-0.05, 0) is 48.4 Å². The number of piperidine rings is 1. The van der Waals surface area contributed by atoms with E-state index in [1.807, 2.05) is 51.2 Å². The molecule has 0 saturated carbocycles. The molecule has 29 heavy (non-hydrogen) atoms. The monoisotopic (exact) mass is 430 g/mol. The van der Waals surface area contributed by atoms with E-state index in [1.165, 1.54) is 4.90 Å². The zero-order valence-electron chi connectivity index (χ0n) is 16.8. The average molecular weight is 431 g/mol. The SMILES string of the molecule is CC1CC(C)C(=O)N(c2ccccc2C2CN(C)Cc3c(Cl)cc(Cl)cc32)C1=O. The van der Waals surface area contributed by atoms with Crippen LogP contribution in [0.25, 0.3) is 0 Å². The molecule has 2 aliphatic rings. The maximum Gasteiger partial charge on any atom is 0.236 e. The quantitative estimate of drug-likeness (QED) is 0.621. The van der Waals surface area contributed by atoms with Crippen molar-refractivity contribution in [1.82, 2.24) is 4.90 Å². The number of para-hydroxylation sites is 1. The minimum atomic E-state index is -0.180. The fraction of sp³-hybridized carbons (Fsp3) is 0.391. The van der Waals surface area contributed by atoms with Crippen LogP contribution in [-0.2, 0) is 16.1 Å². The molecule has 2 aromatic rings. The van der Waals surface area contributed by atoms with Gasteiger partial charge in [-0.15, -0.1) is 0 Å². The Labute approximate surface area is 181 Å². The summed E-state index contributed by atoms with van der Waals surface area (Å²) < 4.78 is 0. The third-order valence-electron chi connectivity index (χ3n) is 6.04. The van der Waals surface area contributed by atoms with Gasteiger partial charge in [-0.3, -0.25) is 9.59 Å². The molecule has 152 valence electrons. The lowest BCUT2D eigenvalue weighted by Gasteiger charge is -2.37. The molecule has 0 aromatic heterocycles. The Bertz CT molecular complexity index is 971. The number of rotatable bonds is 2. The lowest BCUT2D eigenvalue weighted by Crippen LogP contribution is -2.49. The summed E-state index contributed by atoms with van der Waals surface area (Å²) >= 11 is 12.8. The van der Waals surface area contributed by atoms with Crippen LogP contribution >= 0.6 is 23.2 Å². The number of anilines is 1. The van der Waals surface area contributed by atoms with E-state index < -0.39 is 0 Å². The fourth-order valence-electron chi connectivity index (χ4n) is 4.62. The van der Waals surface area contributed by atoms with Gasteiger partial charge in [0.05, 0.1) is 5.69 Å². The molecule has 1 saturated heterocycles. The summed E-state index contributed by atoms with van der Waals surface area (Å²) in [7, 11) is 2.05. The van der Waals surface area contributed by atoms with Crippen LogP contribution in [0.3, 0.4) is 0 Å². The van der Waals surface area contributed by atoms with Crippen LogP contribution in [0.2, 0.25) is 10.0 Å². The van der Waals surface area contributed by atoms with E-state index in [9.17, 15) is 9.59 Å². The summed E-state index contributed by atoms with van der Waals surface area (Å²) in [6, 6.07) is 11.4. The zero-order chi connectivity index (χ0) is 20.9. The van der Waals surface area contributed by atoms with E-state index in [4.69, 9.17) is 23.2 Å². The van der Waals surface area contributed by atoms with Gasteiger partial charge in [0.25, 0.3) is 0 Å². The molecule has 4 rings (SSSR count). The van der Waals surface area contributed by atoms with Crippen molar-refractivity contribution < 1.29 is 9.59 Å². The Morgan fingerprint density at radius 2 is 1.62 bits per heavy atom. The number of halogens is 2. The second kappa shape index (κ2) is 7.75. The van der Waals surface area contributed by atoms with Crippen LogP contribution in [0, 0.1) is 11.8 Å². The first-order valence-electron chi connectivity index (χ1n) is 9.91. The molecular formula is C23H24Cl2N2O2. The fourth-order valence-corrected chi connectivity index (χ4v) is 5.19. The molecule has 0 N–H and O–H groups in total. The summed E-state index contributed by atoms with van der Waals surface area (Å²) in [5.74, 6) is -0.658. The van der Waals surface area contributed by atoms with Crippen LogP contribution in [0.5, 0.6) is 0 Å². The molecule has 0 radical (unpaired) electrons. The van der Waals surface area contributed by atoms with Gasteiger partial charge < -0.3 is 4.90 Å². The molecule has 2 aliphatic heterocycles. The Hall–Kier alpha value is -1.88. The van der Waals surface area contributed by atoms with Gasteiger partial charge in [-0.2, -0.15) is 0 Å². The Balaban J connectivity index is 1.87. The molecular weight excluding hydrogens is 407 g/mol. The topological polar surface area (TPSA) is 40.6 Å². The largest absolute Gasteiger partial charge is 0.301 e. The highest BCUT2D eigenvalue weighted by atomic mass is 35.5. The van der Waals surface area contributed by atoms with Crippen molar-refractivity contribution in [3.05, 3.63) is 63.1 Å². The number of hydrogen-bond donors (Lipinski definition) is 0. The van der Waals surface area contributed by atoms with Crippen molar-refractivity contribution in [1.29, 1.82) is 0 Å². The Morgan fingerprint density at radius 1 is 0.966 bits per heavy atom. The van der Waals surface area contributed by atoms with Crippen LogP contribution in [0.15, 0.2) is 36.4 Å². The lowest BCUT2D eigenvalue weighted by molar-refractivity contribution is -0.134. The van der Waals surface area contributed by atoms with Gasteiger partial charge in [-0.1, -0.05) is 55.2 Å². The van der Waals surface area contributed by atoms with Crippen molar-refractivity contribution in [3.8, 4) is 0 Å². The number of carbonyl (C=O) groups is 2. The van der Waals surface area contributed by atoms with Gasteiger partial charge in [0.15, 0.2) is 0 Å². The summed E-state index contributed by atoms with van der Waals surface area (Å²) in [5, 5.41) is 1.24. The maximum absolute atomic E-state index is 13.0. The third kappa shape index (κ3) is 3.58. The molecule has 2 aromatic carbocycles. The number of carbonyl (C=O) groups excluding carboxylic acids is 2. The predicted molar refractivity (Wildman–Crippen MR) is 117 cm³/mol. The first-order valence-corrected chi connectivity index (χ1v) is 10.7. The molecule has 0 spiro atoms. The van der Waals surface area contributed by atoms with Gasteiger partial charge in [0.1, 0.15) is 0 Å². The average Bonchev–Trinajstić information content (AvgIpc) is 2.67. The van der Waals surface area contributed by atoms with Crippen molar-refractivity contribution in [2.24, 2.45) is 11.8 Å². The highest BCUT2D eigenvalue weighted by molar-refractivity contribution is 6.35. The van der Waals surface area contributed by atoms with E-state index in [-0.39, 0.29) is 29.6 Å². The number of imide groups is 1. The highest BCUT2D eigenvalue weighted by Crippen LogP contribution is 2.42. The number of nitrogens with zero attached hydrogens (tertiary/aromatic N) is 2. The lowest BCUT2D eigenvalue weighted by atomic mass is 9.82. The van der Waals surface area contributed by atoms with Crippen molar-refractivity contribution in [3.63, 3.8) is 0 Å². The first kappa shape index (κ1) is 20.4. The second-order valence-corrected chi connectivity index (χ2v) is 9.16. The van der Waals surface area contributed by atoms with Crippen LogP contribution in [-0.4, -0.2) is 30.3 Å². The smallest absolute Gasteiger partial charge is 0.236 e. The summed E-state index contributed by atoms with van der Waals surface area (Å²) in [6.07, 6.45) is 0.594. The number of benzene rings is 2. The molecule has 3 unspecified atom stereocenters. The minimum Gasteiger partial charge on any atom is -0.301 e. The highest BCUT2D eigenvalue weighted by Gasteiger charge is 2.39. The molecule has 3 atom stereocenters. The van der Waals surface area contributed by atoms with E-state index in [2.05, 4.69) is 4.90 Å². The van der Waals surface area contributed by atoms with E-state index in [0.717, 1.165) is 29.8 Å². The molecule has 2 amide bonds. The van der Waals surface area contributed by atoms with E-state index in [0.29, 0.717) is 22.2 Å². The van der Waals surface area contributed by atoms with Gasteiger partial charge in [0, 0.05) is 40.9 Å². The second-order valence-electron chi connectivity index (χ2n) is 8.31. The number of fused-ring (bicyclic) bond motifs is 1. The Kier molecular flexibility index (Phi) is 5.45. The molecule has 1 fully saturated rings. The summed E-state index contributed by atoms with van der Waals surface area (Å²) in [5.41, 5.74) is 3.72. The first-order chi connectivity index (χ1) is 13.8. The summed E-state index contributed by atoms with van der Waals surface area (Å²) in [6.45, 7) is 5.27. The third-order valence-corrected chi connectivity index (χ3v) is 6.59. The number of hydrogen-bond acceptors (Lipinski definition) is 3. The minimum absolute atomic E-state index is 0.0377. The standard InChI is InChI=1S/C23H24Cl2N2O2/c1-13-8-14(2)23(29)27(22(13)28)21-7-5-4-6-16(21)18-11-26(3)12-19-17(18)9-15(24)10-20(19)25/h4-7,9-10,13-14,18H,8,11-12H2,1-3H3. The maximum atomic E-state index is 13.0. The predicted octanol–water partition coefficient (Wildman–Crippen LogP) is 5.11. The molecule has 6 heteroatoms. The number of likely N-dealkylation sites (N-methyl/N-ethyl adjacent to an activating group) is 1. The zero-order valence-corrected chi connectivity index (χ0v) is 18.3. The van der Waals surface area contributed by atoms with Crippen molar-refractivity contribution in [2.45, 2.75) is 32.7 Å². The van der Waals surface area contributed by atoms with E-state index >= 15 is 0 Å². The van der Waals surface area contributed by atoms with Gasteiger partial charge in [0.2, 0.25) is 11.8 Å². The normalized spacial score (nSPS) is 25.3. The molecule has 4 nitrogen and oxygen atoms in total. The molecule has 2 heterocycles. The summed E-state index contributed by atoms with van der Waals surface area (Å²) in [4.78, 5) is 29.6. The van der Waals surface area contributed by atoms with Crippen molar-refractivity contribution >= 4 is 40.7 Å². The van der Waals surface area contributed by atoms with Crippen molar-refractivity contribution in [2.75, 3.05) is 18.5 Å². The molecule has 0 bridgehead atoms. The van der Waals surface area contributed by atoms with E-state index in [1.54, 1.807) is 6.07 Å². The number of amides is 2. The van der Waals surface area contributed by atoms with Crippen LogP contribution < -0.4 is 4.90 Å². The van der Waals surface area contributed by atoms with Crippen LogP contribution in [0.4, 0.5) is 5.69 Å². The molecule has 0 aliphatic carbocycles. The van der Waals surface area contributed by atoms with Gasteiger partial charge in [-0.25, -0.2) is 4.90 Å². The van der Waals surface area contributed by atoms with Crippen LogP contribution in [0.1, 0.15) is 42.9 Å².